The first-order valence-corrected chi connectivity index (χ1v) is 8.07. The third-order valence-corrected chi connectivity index (χ3v) is 5.69. The quantitative estimate of drug-likeness (QED) is 0.873. The molecule has 1 rings (SSSR count). The summed E-state index contributed by atoms with van der Waals surface area (Å²) in [6, 6.07) is 0. The molecule has 120 valence electrons. The minimum atomic E-state index is -4.01. The van der Waals surface area contributed by atoms with Crippen LogP contribution in [0.25, 0.3) is 0 Å². The molecule has 7 heteroatoms. The molecule has 1 aromatic carbocycles. The van der Waals surface area contributed by atoms with Gasteiger partial charge in [0.1, 0.15) is 0 Å². The van der Waals surface area contributed by atoms with Crippen LogP contribution in [-0.4, -0.2) is 27.4 Å². The molecular weight excluding hydrogens is 298 g/mol. The number of alkyl halides is 2. The molecule has 0 aromatic heterocycles. The molecule has 3 N–H and O–H groups in total. The second-order valence-corrected chi connectivity index (χ2v) is 7.04. The van der Waals surface area contributed by atoms with Gasteiger partial charge in [0, 0.05) is 0 Å². The number of hydrogen-bond acceptors (Lipinski definition) is 3. The minimum absolute atomic E-state index is 0.0796. The van der Waals surface area contributed by atoms with Gasteiger partial charge in [-0.05, 0) is 62.4 Å². The third-order valence-electron chi connectivity index (χ3n) is 4.02. The summed E-state index contributed by atoms with van der Waals surface area (Å²) in [6.45, 7) is 7.03. The normalized spacial score (nSPS) is 12.8. The van der Waals surface area contributed by atoms with E-state index in [1.807, 2.05) is 25.5 Å². The van der Waals surface area contributed by atoms with Crippen LogP contribution in [0.5, 0.6) is 0 Å². The highest BCUT2D eigenvalue weighted by atomic mass is 32.2. The number of nitrogens with two attached hydrogens (primary N) is 1. The summed E-state index contributed by atoms with van der Waals surface area (Å²) < 4.78 is 53.0. The van der Waals surface area contributed by atoms with Crippen LogP contribution < -0.4 is 10.5 Å². The maximum atomic E-state index is 13.2. The van der Waals surface area contributed by atoms with Gasteiger partial charge in [-0.15, -0.1) is 0 Å². The second kappa shape index (κ2) is 5.98. The standard InChI is InChI=1S/C14H22F2N2O2S/c1-8-9(2)11(4)13(12(5)10(8)3)21(19,20)18-7-14(15,16)6-17/h18H,6-7,17H2,1-5H3. The fourth-order valence-electron chi connectivity index (χ4n) is 2.21. The highest BCUT2D eigenvalue weighted by molar-refractivity contribution is 7.89. The highest BCUT2D eigenvalue weighted by Gasteiger charge is 2.31. The lowest BCUT2D eigenvalue weighted by molar-refractivity contribution is 0.0170. The van der Waals surface area contributed by atoms with Crippen molar-refractivity contribution in [1.29, 1.82) is 0 Å². The van der Waals surface area contributed by atoms with E-state index in [2.05, 4.69) is 0 Å². The first kappa shape index (κ1) is 18.0. The Morgan fingerprint density at radius 2 is 1.33 bits per heavy atom. The molecule has 0 aliphatic rings. The van der Waals surface area contributed by atoms with Crippen molar-refractivity contribution in [2.45, 2.75) is 45.4 Å². The van der Waals surface area contributed by atoms with Crippen molar-refractivity contribution >= 4 is 10.0 Å². The summed E-state index contributed by atoms with van der Waals surface area (Å²) in [5.41, 5.74) is 8.79. The maximum Gasteiger partial charge on any atom is 0.273 e. The number of nitrogens with one attached hydrogen (secondary N) is 1. The summed E-state index contributed by atoms with van der Waals surface area (Å²) in [4.78, 5) is 0.0796. The molecule has 21 heavy (non-hydrogen) atoms. The minimum Gasteiger partial charge on any atom is -0.325 e. The smallest absolute Gasteiger partial charge is 0.273 e. The monoisotopic (exact) mass is 320 g/mol. The van der Waals surface area contributed by atoms with E-state index in [1.54, 1.807) is 13.8 Å². The molecule has 0 spiro atoms. The van der Waals surface area contributed by atoms with Crippen LogP contribution in [0.2, 0.25) is 0 Å². The Morgan fingerprint density at radius 1 is 0.952 bits per heavy atom. The van der Waals surface area contributed by atoms with Crippen molar-refractivity contribution in [2.24, 2.45) is 5.73 Å². The van der Waals surface area contributed by atoms with Gasteiger partial charge in [0.25, 0.3) is 5.92 Å². The Bertz CT molecular complexity index is 626. The van der Waals surface area contributed by atoms with E-state index in [0.29, 0.717) is 11.1 Å². The van der Waals surface area contributed by atoms with Crippen molar-refractivity contribution < 1.29 is 17.2 Å². The largest absolute Gasteiger partial charge is 0.325 e. The first-order valence-electron chi connectivity index (χ1n) is 6.59. The molecule has 0 heterocycles. The fourth-order valence-corrected chi connectivity index (χ4v) is 3.87. The number of hydrogen-bond donors (Lipinski definition) is 2. The summed E-state index contributed by atoms with van der Waals surface area (Å²) in [5, 5.41) is 0. The molecule has 0 saturated carbocycles. The molecule has 0 unspecified atom stereocenters. The molecule has 0 fully saturated rings. The molecule has 1 aromatic rings. The SMILES string of the molecule is Cc1c(C)c(C)c(S(=O)(=O)NCC(F)(F)CN)c(C)c1C. The van der Waals surface area contributed by atoms with Crippen molar-refractivity contribution in [1.82, 2.24) is 4.72 Å². The van der Waals surface area contributed by atoms with E-state index in [9.17, 15) is 17.2 Å². The Kier molecular flexibility index (Phi) is 5.13. The van der Waals surface area contributed by atoms with E-state index >= 15 is 0 Å². The van der Waals surface area contributed by atoms with E-state index in [4.69, 9.17) is 5.73 Å². The predicted octanol–water partition coefficient (Wildman–Crippen LogP) is 2.10. The van der Waals surface area contributed by atoms with Gasteiger partial charge >= 0.3 is 0 Å². The highest BCUT2D eigenvalue weighted by Crippen LogP contribution is 2.29. The average Bonchev–Trinajstić information content (AvgIpc) is 2.41. The number of rotatable bonds is 5. The van der Waals surface area contributed by atoms with Crippen molar-refractivity contribution in [3.63, 3.8) is 0 Å². The lowest BCUT2D eigenvalue weighted by Gasteiger charge is -2.20. The Morgan fingerprint density at radius 3 is 1.71 bits per heavy atom. The lowest BCUT2D eigenvalue weighted by Crippen LogP contribution is -2.41. The Hall–Kier alpha value is -1.05. The zero-order chi connectivity index (χ0) is 16.6. The predicted molar refractivity (Wildman–Crippen MR) is 79.3 cm³/mol. The molecule has 0 amide bonds. The second-order valence-electron chi connectivity index (χ2n) is 5.34. The number of halogens is 2. The zero-order valence-electron chi connectivity index (χ0n) is 13.0. The molecule has 0 aliphatic heterocycles. The molecule has 0 atom stereocenters. The van der Waals surface area contributed by atoms with E-state index in [1.165, 1.54) is 0 Å². The average molecular weight is 320 g/mol. The Balaban J connectivity index is 3.34. The molecule has 0 bridgehead atoms. The zero-order valence-corrected chi connectivity index (χ0v) is 13.8. The van der Waals surface area contributed by atoms with E-state index in [-0.39, 0.29) is 4.90 Å². The maximum absolute atomic E-state index is 13.2. The summed E-state index contributed by atoms with van der Waals surface area (Å²) in [5.74, 6) is -3.26. The fraction of sp³-hybridized carbons (Fsp3) is 0.571. The van der Waals surface area contributed by atoms with Crippen LogP contribution >= 0.6 is 0 Å². The van der Waals surface area contributed by atoms with Crippen LogP contribution in [0.4, 0.5) is 8.78 Å². The topological polar surface area (TPSA) is 72.2 Å². The van der Waals surface area contributed by atoms with Gasteiger partial charge in [-0.25, -0.2) is 21.9 Å². The van der Waals surface area contributed by atoms with Gasteiger partial charge in [0.2, 0.25) is 10.0 Å². The molecule has 0 radical (unpaired) electrons. The van der Waals surface area contributed by atoms with Crippen LogP contribution in [0, 0.1) is 34.6 Å². The molecule has 4 nitrogen and oxygen atoms in total. The van der Waals surface area contributed by atoms with Gasteiger partial charge in [0.15, 0.2) is 0 Å². The number of sulfonamides is 1. The van der Waals surface area contributed by atoms with Crippen LogP contribution in [0.3, 0.4) is 0 Å². The molecular formula is C14H22F2N2O2S. The lowest BCUT2D eigenvalue weighted by atomic mass is 9.95. The van der Waals surface area contributed by atoms with E-state index in [0.717, 1.165) is 16.7 Å². The van der Waals surface area contributed by atoms with Crippen molar-refractivity contribution in [2.75, 3.05) is 13.1 Å². The van der Waals surface area contributed by atoms with Gasteiger partial charge in [-0.1, -0.05) is 0 Å². The number of benzene rings is 1. The molecule has 0 aliphatic carbocycles. The first-order chi connectivity index (χ1) is 9.44. The van der Waals surface area contributed by atoms with Gasteiger partial charge in [0.05, 0.1) is 18.0 Å². The third kappa shape index (κ3) is 3.59. The summed E-state index contributed by atoms with van der Waals surface area (Å²) >= 11 is 0. The Labute approximate surface area is 124 Å². The van der Waals surface area contributed by atoms with E-state index < -0.39 is 29.0 Å². The molecule has 0 saturated heterocycles. The van der Waals surface area contributed by atoms with Gasteiger partial charge in [-0.2, -0.15) is 0 Å². The van der Waals surface area contributed by atoms with Crippen molar-refractivity contribution in [3.05, 3.63) is 27.8 Å². The van der Waals surface area contributed by atoms with Gasteiger partial charge in [-0.3, -0.25) is 0 Å². The summed E-state index contributed by atoms with van der Waals surface area (Å²) in [6.07, 6.45) is 0. The van der Waals surface area contributed by atoms with Crippen LogP contribution in [0.15, 0.2) is 4.90 Å². The van der Waals surface area contributed by atoms with Crippen molar-refractivity contribution in [3.8, 4) is 0 Å². The van der Waals surface area contributed by atoms with Gasteiger partial charge < -0.3 is 5.73 Å². The van der Waals surface area contributed by atoms with Crippen LogP contribution in [0.1, 0.15) is 27.8 Å². The van der Waals surface area contributed by atoms with Crippen LogP contribution in [-0.2, 0) is 10.0 Å². The summed E-state index contributed by atoms with van der Waals surface area (Å²) in [7, 11) is -4.01.